The van der Waals surface area contributed by atoms with Crippen LogP contribution < -0.4 is 5.32 Å². The molecule has 0 fully saturated rings. The van der Waals surface area contributed by atoms with Crippen molar-refractivity contribution < 1.29 is 10.2 Å². The van der Waals surface area contributed by atoms with Gasteiger partial charge in [0.1, 0.15) is 0 Å². The van der Waals surface area contributed by atoms with Crippen molar-refractivity contribution in [3.63, 3.8) is 0 Å². The van der Waals surface area contributed by atoms with E-state index in [1.54, 1.807) is 6.07 Å². The van der Waals surface area contributed by atoms with Crippen LogP contribution in [0.25, 0.3) is 0 Å². The lowest BCUT2D eigenvalue weighted by molar-refractivity contribution is 0.175. The van der Waals surface area contributed by atoms with E-state index < -0.39 is 0 Å². The number of pyridine rings is 1. The highest BCUT2D eigenvalue weighted by atomic mass is 35.5. The lowest BCUT2D eigenvalue weighted by atomic mass is 9.86. The predicted molar refractivity (Wildman–Crippen MR) is 155 cm³/mol. The Morgan fingerprint density at radius 1 is 0.971 bits per heavy atom. The molecule has 0 aliphatic heterocycles. The summed E-state index contributed by atoms with van der Waals surface area (Å²) < 4.78 is 0. The molecule has 1 atom stereocenters. The quantitative estimate of drug-likeness (QED) is 0.142. The molecule has 200 valence electrons. The van der Waals surface area contributed by atoms with Crippen LogP contribution in [-0.4, -0.2) is 58.1 Å². The predicted octanol–water partition coefficient (Wildman–Crippen LogP) is 6.27. The van der Waals surface area contributed by atoms with Crippen LogP contribution in [0.2, 0.25) is 0 Å². The maximum Gasteiger partial charge on any atom is 0.160 e. The lowest BCUT2D eigenvalue weighted by Gasteiger charge is -2.35. The molecule has 2 aromatic rings. The van der Waals surface area contributed by atoms with Crippen LogP contribution >= 0.6 is 49.0 Å². The molecule has 5 nitrogen and oxygen atoms in total. The zero-order valence-electron chi connectivity index (χ0n) is 20.7. The Morgan fingerprint density at radius 2 is 1.71 bits per heavy atom. The second kappa shape index (κ2) is 19.3. The minimum atomic E-state index is 0. The van der Waals surface area contributed by atoms with E-state index in [2.05, 4.69) is 34.3 Å². The van der Waals surface area contributed by atoms with Crippen molar-refractivity contribution in [1.29, 1.82) is 0 Å². The molecule has 0 saturated heterocycles. The van der Waals surface area contributed by atoms with Gasteiger partial charge >= 0.3 is 0 Å². The van der Waals surface area contributed by atoms with Crippen molar-refractivity contribution in [1.82, 2.24) is 15.2 Å². The zero-order valence-corrected chi connectivity index (χ0v) is 23.9. The van der Waals surface area contributed by atoms with Crippen LogP contribution in [-0.2, 0) is 12.8 Å². The molecule has 1 aliphatic rings. The summed E-state index contributed by atoms with van der Waals surface area (Å²) in [7, 11) is 0. The van der Waals surface area contributed by atoms with Crippen LogP contribution in [0, 0.1) is 0 Å². The number of phenols is 2. The second-order valence-electron chi connectivity index (χ2n) is 8.70. The molecule has 0 amide bonds. The van der Waals surface area contributed by atoms with Crippen molar-refractivity contribution in [3.05, 3.63) is 47.8 Å². The molecule has 0 bridgehead atoms. The maximum absolute atomic E-state index is 10.1. The summed E-state index contributed by atoms with van der Waals surface area (Å²) in [4.78, 5) is 7.99. The molecule has 0 saturated carbocycles. The second-order valence-corrected chi connectivity index (χ2v) is 9.87. The number of aromatic nitrogens is 1. The Kier molecular flexibility index (Phi) is 18.8. The molecule has 0 unspecified atom stereocenters. The Morgan fingerprint density at radius 3 is 2.46 bits per heavy atom. The summed E-state index contributed by atoms with van der Waals surface area (Å²) in [5.41, 5.74) is 2.15. The van der Waals surface area contributed by atoms with E-state index >= 15 is 0 Å². The SMILES string of the molecule is CCCN(CCCCCCNCCSc1ccncc1)[C@H]1CCc2c(ccc(O)c2O)C1.Cl.Cl.Cl. The summed E-state index contributed by atoms with van der Waals surface area (Å²) in [5, 5.41) is 23.5. The fourth-order valence-corrected chi connectivity index (χ4v) is 5.39. The van der Waals surface area contributed by atoms with E-state index in [1.165, 1.54) is 42.6 Å². The molecule has 1 heterocycles. The van der Waals surface area contributed by atoms with E-state index in [0.717, 1.165) is 56.8 Å². The first-order chi connectivity index (χ1) is 15.7. The largest absolute Gasteiger partial charge is 0.504 e. The van der Waals surface area contributed by atoms with Gasteiger partial charge < -0.3 is 20.4 Å². The summed E-state index contributed by atoms with van der Waals surface area (Å²) in [5.74, 6) is 1.19. The molecule has 1 aliphatic carbocycles. The van der Waals surface area contributed by atoms with Gasteiger partial charge in [-0.15, -0.1) is 49.0 Å². The number of halogens is 3. The van der Waals surface area contributed by atoms with Gasteiger partial charge in [0.15, 0.2) is 11.5 Å². The van der Waals surface area contributed by atoms with Gasteiger partial charge in [-0.25, -0.2) is 0 Å². The molecular weight excluding hydrogens is 525 g/mol. The van der Waals surface area contributed by atoms with Crippen LogP contribution in [0.1, 0.15) is 56.6 Å². The number of hydrogen-bond acceptors (Lipinski definition) is 6. The third-order valence-electron chi connectivity index (χ3n) is 6.31. The minimum Gasteiger partial charge on any atom is -0.504 e. The van der Waals surface area contributed by atoms with Gasteiger partial charge in [0.2, 0.25) is 0 Å². The van der Waals surface area contributed by atoms with Crippen molar-refractivity contribution >= 4 is 49.0 Å². The van der Waals surface area contributed by atoms with E-state index in [1.807, 2.05) is 30.2 Å². The highest BCUT2D eigenvalue weighted by molar-refractivity contribution is 7.99. The van der Waals surface area contributed by atoms with Gasteiger partial charge in [-0.3, -0.25) is 4.98 Å². The van der Waals surface area contributed by atoms with Crippen LogP contribution in [0.4, 0.5) is 0 Å². The third kappa shape index (κ3) is 11.4. The van der Waals surface area contributed by atoms with Crippen LogP contribution in [0.15, 0.2) is 41.6 Å². The van der Waals surface area contributed by atoms with Crippen molar-refractivity contribution in [2.75, 3.05) is 31.9 Å². The molecule has 3 rings (SSSR count). The normalized spacial score (nSPS) is 14.4. The van der Waals surface area contributed by atoms with Crippen molar-refractivity contribution in [2.45, 2.75) is 69.2 Å². The maximum atomic E-state index is 10.1. The standard InChI is InChI=1S/C26H39N3O2S.3ClH/c1-2-17-29(22-8-9-24-21(20-22)7-10-25(30)26(24)31)18-6-4-3-5-13-27-16-19-32-23-11-14-28-15-12-23;;;/h7,10-12,14-15,22,27,30-31H,2-6,8-9,13,16-20H2,1H3;3*1H/t22-;;;/m0.../s1. The molecule has 0 radical (unpaired) electrons. The van der Waals surface area contributed by atoms with Crippen LogP contribution in [0.3, 0.4) is 0 Å². The van der Waals surface area contributed by atoms with Gasteiger partial charge in [0.25, 0.3) is 0 Å². The molecule has 1 aromatic heterocycles. The Bertz CT molecular complexity index is 818. The summed E-state index contributed by atoms with van der Waals surface area (Å²) >= 11 is 1.88. The number of hydrogen-bond donors (Lipinski definition) is 3. The monoisotopic (exact) mass is 565 g/mol. The average molecular weight is 567 g/mol. The van der Waals surface area contributed by atoms with E-state index in [9.17, 15) is 10.2 Å². The van der Waals surface area contributed by atoms with E-state index in [0.29, 0.717) is 6.04 Å². The topological polar surface area (TPSA) is 68.6 Å². The van der Waals surface area contributed by atoms with Gasteiger partial charge in [0, 0.05) is 41.2 Å². The average Bonchev–Trinajstić information content (AvgIpc) is 2.82. The highest BCUT2D eigenvalue weighted by Crippen LogP contribution is 2.36. The fraction of sp³-hybridized carbons (Fsp3) is 0.577. The number of unbranched alkanes of at least 4 members (excludes halogenated alkanes) is 3. The molecule has 3 N–H and O–H groups in total. The third-order valence-corrected chi connectivity index (χ3v) is 7.33. The van der Waals surface area contributed by atoms with Crippen molar-refractivity contribution in [2.24, 2.45) is 0 Å². The number of phenolic OH excluding ortho intramolecular Hbond substituents is 2. The first kappa shape index (κ1) is 34.1. The Balaban J connectivity index is 0.00000385. The number of nitrogens with zero attached hydrogens (tertiary/aromatic N) is 2. The Hall–Kier alpha value is -0.890. The number of nitrogens with one attached hydrogen (secondary N) is 1. The van der Waals surface area contributed by atoms with Crippen LogP contribution in [0.5, 0.6) is 11.5 Å². The van der Waals surface area contributed by atoms with Gasteiger partial charge in [-0.1, -0.05) is 25.8 Å². The minimum absolute atomic E-state index is 0. The molecule has 9 heteroatoms. The summed E-state index contributed by atoms with van der Waals surface area (Å²) in [6, 6.07) is 8.29. The first-order valence-corrected chi connectivity index (χ1v) is 13.2. The first-order valence-electron chi connectivity index (χ1n) is 12.2. The van der Waals surface area contributed by atoms with Crippen molar-refractivity contribution in [3.8, 4) is 11.5 Å². The Labute approximate surface area is 234 Å². The molecule has 0 spiro atoms. The smallest absolute Gasteiger partial charge is 0.160 e. The molecule has 1 aromatic carbocycles. The summed E-state index contributed by atoms with van der Waals surface area (Å²) in [6.45, 7) is 6.71. The van der Waals surface area contributed by atoms with E-state index in [4.69, 9.17) is 0 Å². The fourth-order valence-electron chi connectivity index (χ4n) is 4.60. The lowest BCUT2D eigenvalue weighted by Crippen LogP contribution is -2.40. The number of aromatic hydroxyl groups is 2. The highest BCUT2D eigenvalue weighted by Gasteiger charge is 2.26. The zero-order chi connectivity index (χ0) is 22.6. The number of rotatable bonds is 14. The molecular formula is C26H42Cl3N3O2S. The van der Waals surface area contributed by atoms with E-state index in [-0.39, 0.29) is 48.7 Å². The molecule has 35 heavy (non-hydrogen) atoms. The number of benzene rings is 1. The number of thioether (sulfide) groups is 1. The van der Waals surface area contributed by atoms with Gasteiger partial charge in [0.05, 0.1) is 0 Å². The number of fused-ring (bicyclic) bond motifs is 1. The van der Waals surface area contributed by atoms with Gasteiger partial charge in [-0.2, -0.15) is 0 Å². The van der Waals surface area contributed by atoms with Gasteiger partial charge in [-0.05, 0) is 81.9 Å². The summed E-state index contributed by atoms with van der Waals surface area (Å²) in [6.07, 6.45) is 12.8.